The van der Waals surface area contributed by atoms with Crippen molar-refractivity contribution in [3.8, 4) is 0 Å². The summed E-state index contributed by atoms with van der Waals surface area (Å²) in [7, 11) is -0.273. The Morgan fingerprint density at radius 1 is 1.35 bits per heavy atom. The maximum atomic E-state index is 11.7. The molecule has 2 bridgehead atoms. The Morgan fingerprint density at radius 3 is 2.65 bits per heavy atom. The minimum absolute atomic E-state index is 0.0432. The standard InChI is InChI=1S/C20H33BO5/c1-18(2,3)24-17(23)12-14(22)8-7-9-21-25-16-11-13-10-15(19(13,4)5)20(16,6)26-21/h7-8,13-16,22H,9-12H2,1-6H3/b8-7-/t13-,14+,15-,16?,20-/m0/s1. The lowest BCUT2D eigenvalue weighted by Gasteiger charge is -2.64. The molecule has 26 heavy (non-hydrogen) atoms. The van der Waals surface area contributed by atoms with Gasteiger partial charge in [0.15, 0.2) is 0 Å². The molecule has 5 nitrogen and oxygen atoms in total. The highest BCUT2D eigenvalue weighted by Gasteiger charge is 2.67. The third kappa shape index (κ3) is 3.74. The number of carbonyl (C=O) groups excluding carboxylic acids is 1. The molecule has 1 unspecified atom stereocenters. The molecular formula is C20H33BO5. The second-order valence-corrected chi connectivity index (χ2v) is 9.92. The minimum atomic E-state index is -0.851. The maximum Gasteiger partial charge on any atom is 0.461 e. The van der Waals surface area contributed by atoms with Crippen LogP contribution in [0.4, 0.5) is 0 Å². The molecule has 0 aromatic rings. The van der Waals surface area contributed by atoms with Gasteiger partial charge < -0.3 is 19.2 Å². The second-order valence-electron chi connectivity index (χ2n) is 9.92. The average molecular weight is 364 g/mol. The Labute approximate surface area is 157 Å². The van der Waals surface area contributed by atoms with Gasteiger partial charge in [0.1, 0.15) is 5.60 Å². The van der Waals surface area contributed by atoms with Crippen molar-refractivity contribution in [2.75, 3.05) is 0 Å². The monoisotopic (exact) mass is 364 g/mol. The number of ether oxygens (including phenoxy) is 1. The van der Waals surface area contributed by atoms with E-state index in [0.717, 1.165) is 12.3 Å². The Hall–Kier alpha value is -0.845. The van der Waals surface area contributed by atoms with Gasteiger partial charge in [0.05, 0.1) is 24.2 Å². The maximum absolute atomic E-state index is 11.7. The van der Waals surface area contributed by atoms with Crippen LogP contribution >= 0.6 is 0 Å². The van der Waals surface area contributed by atoms with Gasteiger partial charge in [-0.05, 0) is 57.8 Å². The molecule has 4 aliphatic rings. The van der Waals surface area contributed by atoms with Gasteiger partial charge in [-0.15, -0.1) is 0 Å². The molecule has 3 aliphatic carbocycles. The molecule has 5 atom stereocenters. The summed E-state index contributed by atoms with van der Waals surface area (Å²) >= 11 is 0. The highest BCUT2D eigenvalue weighted by atomic mass is 16.7. The Morgan fingerprint density at radius 2 is 2.04 bits per heavy atom. The first kappa shape index (κ1) is 19.9. The van der Waals surface area contributed by atoms with Crippen molar-refractivity contribution in [2.45, 2.75) is 90.5 Å². The summed E-state index contributed by atoms with van der Waals surface area (Å²) in [5, 5.41) is 10.00. The van der Waals surface area contributed by atoms with Crippen molar-refractivity contribution in [3.05, 3.63) is 12.2 Å². The van der Waals surface area contributed by atoms with Gasteiger partial charge in [0, 0.05) is 6.32 Å². The molecule has 146 valence electrons. The van der Waals surface area contributed by atoms with E-state index in [2.05, 4.69) is 20.8 Å². The van der Waals surface area contributed by atoms with E-state index in [1.807, 2.05) is 26.8 Å². The van der Waals surface area contributed by atoms with Gasteiger partial charge in [0.2, 0.25) is 0 Å². The molecule has 4 fully saturated rings. The molecule has 4 rings (SSSR count). The Balaban J connectivity index is 1.48. The first-order valence-corrected chi connectivity index (χ1v) is 9.81. The lowest BCUT2D eigenvalue weighted by molar-refractivity contribution is -0.199. The van der Waals surface area contributed by atoms with E-state index in [9.17, 15) is 9.90 Å². The summed E-state index contributed by atoms with van der Waals surface area (Å²) in [5.41, 5.74) is -0.402. The smallest absolute Gasteiger partial charge is 0.460 e. The molecule has 0 aromatic carbocycles. The van der Waals surface area contributed by atoms with Gasteiger partial charge in [-0.25, -0.2) is 0 Å². The summed E-state index contributed by atoms with van der Waals surface area (Å²) in [5.74, 6) is 0.883. The number of aliphatic hydroxyl groups excluding tert-OH is 1. The van der Waals surface area contributed by atoms with Gasteiger partial charge >= 0.3 is 13.1 Å². The van der Waals surface area contributed by atoms with E-state index in [1.54, 1.807) is 6.08 Å². The van der Waals surface area contributed by atoms with Crippen LogP contribution in [-0.4, -0.2) is 41.6 Å². The molecule has 1 aliphatic heterocycles. The molecule has 0 radical (unpaired) electrons. The number of esters is 1. The number of carbonyl (C=O) groups is 1. The van der Waals surface area contributed by atoms with E-state index in [0.29, 0.717) is 17.7 Å². The van der Waals surface area contributed by atoms with E-state index in [-0.39, 0.29) is 25.2 Å². The quantitative estimate of drug-likeness (QED) is 0.460. The van der Waals surface area contributed by atoms with Crippen molar-refractivity contribution in [1.29, 1.82) is 0 Å². The Bertz CT molecular complexity index is 581. The van der Waals surface area contributed by atoms with Crippen LogP contribution in [0.2, 0.25) is 6.32 Å². The van der Waals surface area contributed by atoms with E-state index < -0.39 is 17.7 Å². The van der Waals surface area contributed by atoms with Crippen LogP contribution in [0.1, 0.15) is 60.8 Å². The van der Waals surface area contributed by atoms with Crippen LogP contribution in [-0.2, 0) is 18.8 Å². The fourth-order valence-electron chi connectivity index (χ4n) is 5.02. The second kappa shape index (κ2) is 6.64. The first-order chi connectivity index (χ1) is 11.9. The van der Waals surface area contributed by atoms with E-state index >= 15 is 0 Å². The van der Waals surface area contributed by atoms with Crippen LogP contribution in [0.3, 0.4) is 0 Å². The number of hydrogen-bond acceptors (Lipinski definition) is 5. The largest absolute Gasteiger partial charge is 0.461 e. The molecule has 3 saturated carbocycles. The summed E-state index contributed by atoms with van der Waals surface area (Å²) in [6, 6.07) is 0. The van der Waals surface area contributed by atoms with E-state index in [1.165, 1.54) is 6.42 Å². The van der Waals surface area contributed by atoms with Crippen LogP contribution in [0.25, 0.3) is 0 Å². The van der Waals surface area contributed by atoms with Crippen molar-refractivity contribution >= 4 is 13.1 Å². The summed E-state index contributed by atoms with van der Waals surface area (Å²) in [4.78, 5) is 11.7. The van der Waals surface area contributed by atoms with Crippen molar-refractivity contribution < 1.29 is 23.9 Å². The lowest BCUT2D eigenvalue weighted by atomic mass is 9.43. The number of rotatable bonds is 5. The number of allylic oxidation sites excluding steroid dienone is 1. The molecule has 1 N–H and O–H groups in total. The van der Waals surface area contributed by atoms with Crippen LogP contribution in [0.15, 0.2) is 12.2 Å². The molecule has 1 saturated heterocycles. The predicted octanol–water partition coefficient (Wildman–Crippen LogP) is 3.36. The highest BCUT2D eigenvalue weighted by molar-refractivity contribution is 6.46. The summed E-state index contributed by atoms with van der Waals surface area (Å²) in [6.07, 6.45) is 5.64. The van der Waals surface area contributed by atoms with Gasteiger partial charge in [0.25, 0.3) is 0 Å². The number of hydrogen-bond donors (Lipinski definition) is 1. The topological polar surface area (TPSA) is 65.0 Å². The van der Waals surface area contributed by atoms with Crippen LogP contribution in [0, 0.1) is 17.3 Å². The minimum Gasteiger partial charge on any atom is -0.460 e. The fraction of sp³-hybridized carbons (Fsp3) is 0.850. The molecule has 1 heterocycles. The fourth-order valence-corrected chi connectivity index (χ4v) is 5.02. The third-order valence-electron chi connectivity index (χ3n) is 6.48. The van der Waals surface area contributed by atoms with Gasteiger partial charge in [-0.1, -0.05) is 26.0 Å². The SMILES string of the molecule is CC(C)(C)OC(=O)C[C@H](O)/C=C\CB1OC2C[C@@H]3C[C@@H](C3(C)C)[C@]2(C)O1. The average Bonchev–Trinajstić information content (AvgIpc) is 2.80. The van der Waals surface area contributed by atoms with Crippen molar-refractivity contribution in [1.82, 2.24) is 0 Å². The van der Waals surface area contributed by atoms with Gasteiger partial charge in [-0.2, -0.15) is 0 Å². The zero-order chi connectivity index (χ0) is 19.3. The molecule has 0 aromatic heterocycles. The normalized spacial score (nSPS) is 36.6. The Kier molecular flexibility index (Phi) is 5.09. The van der Waals surface area contributed by atoms with Crippen LogP contribution < -0.4 is 0 Å². The first-order valence-electron chi connectivity index (χ1n) is 9.81. The van der Waals surface area contributed by atoms with Gasteiger partial charge in [-0.3, -0.25) is 4.79 Å². The highest BCUT2D eigenvalue weighted by Crippen LogP contribution is 2.65. The summed E-state index contributed by atoms with van der Waals surface area (Å²) in [6.45, 7) is 12.3. The molecular weight excluding hydrogens is 331 g/mol. The van der Waals surface area contributed by atoms with Crippen molar-refractivity contribution in [3.63, 3.8) is 0 Å². The molecule has 6 heteroatoms. The zero-order valence-corrected chi connectivity index (χ0v) is 17.0. The zero-order valence-electron chi connectivity index (χ0n) is 17.0. The van der Waals surface area contributed by atoms with Crippen molar-refractivity contribution in [2.24, 2.45) is 17.3 Å². The lowest BCUT2D eigenvalue weighted by Crippen LogP contribution is -2.65. The van der Waals surface area contributed by atoms with Crippen LogP contribution in [0.5, 0.6) is 0 Å². The number of aliphatic hydroxyl groups is 1. The third-order valence-corrected chi connectivity index (χ3v) is 6.48. The molecule has 0 amide bonds. The predicted molar refractivity (Wildman–Crippen MR) is 101 cm³/mol. The van der Waals surface area contributed by atoms with E-state index in [4.69, 9.17) is 14.0 Å². The molecule has 0 spiro atoms. The summed E-state index contributed by atoms with van der Waals surface area (Å²) < 4.78 is 17.7.